The third-order valence-corrected chi connectivity index (χ3v) is 2.79. The highest BCUT2D eigenvalue weighted by atomic mass is 35.5. The van der Waals surface area contributed by atoms with E-state index in [2.05, 4.69) is 9.47 Å². The molecule has 5 nitrogen and oxygen atoms in total. The number of unbranched alkanes of at least 4 members (excludes halogenated alkanes) is 7. The molecular weight excluding hydrogens is 282 g/mol. The highest BCUT2D eigenvalue weighted by Crippen LogP contribution is 2.09. The molecule has 0 aliphatic rings. The van der Waals surface area contributed by atoms with Crippen LogP contribution in [0.5, 0.6) is 0 Å². The van der Waals surface area contributed by atoms with Crippen molar-refractivity contribution >= 4 is 24.5 Å². The Morgan fingerprint density at radius 1 is 0.900 bits per heavy atom. The van der Waals surface area contributed by atoms with Gasteiger partial charge in [0, 0.05) is 6.42 Å². The summed E-state index contributed by atoms with van der Waals surface area (Å²) in [5, 5.41) is 0. The van der Waals surface area contributed by atoms with Gasteiger partial charge in [-0.05, 0) is 26.3 Å². The summed E-state index contributed by atoms with van der Waals surface area (Å²) in [7, 11) is 0. The number of nitrogens with two attached hydrogens (primary N) is 1. The van der Waals surface area contributed by atoms with Crippen LogP contribution < -0.4 is 5.73 Å². The van der Waals surface area contributed by atoms with Crippen LogP contribution in [0.4, 0.5) is 4.79 Å². The van der Waals surface area contributed by atoms with Crippen LogP contribution in [0.1, 0.15) is 64.7 Å². The van der Waals surface area contributed by atoms with Crippen LogP contribution in [0, 0.1) is 0 Å². The number of hydrogen-bond donors (Lipinski definition) is 1. The van der Waals surface area contributed by atoms with Crippen molar-refractivity contribution < 1.29 is 19.1 Å². The van der Waals surface area contributed by atoms with E-state index in [1.54, 1.807) is 6.92 Å². The number of halogens is 1. The predicted molar refractivity (Wildman–Crippen MR) is 81.0 cm³/mol. The first-order chi connectivity index (χ1) is 9.20. The van der Waals surface area contributed by atoms with Gasteiger partial charge < -0.3 is 15.2 Å². The zero-order valence-electron chi connectivity index (χ0n) is 12.4. The van der Waals surface area contributed by atoms with Crippen molar-refractivity contribution in [2.45, 2.75) is 64.7 Å². The molecule has 0 heterocycles. The molecule has 0 aliphatic carbocycles. The largest absolute Gasteiger partial charge is 0.516 e. The molecule has 0 aliphatic heterocycles. The molecule has 0 bridgehead atoms. The van der Waals surface area contributed by atoms with Crippen molar-refractivity contribution in [3.63, 3.8) is 0 Å². The second-order valence-corrected chi connectivity index (χ2v) is 4.52. The predicted octanol–water partition coefficient (Wildman–Crippen LogP) is 3.58. The summed E-state index contributed by atoms with van der Waals surface area (Å²) < 4.78 is 8.96. The van der Waals surface area contributed by atoms with Gasteiger partial charge in [-0.3, -0.25) is 4.79 Å². The summed E-state index contributed by atoms with van der Waals surface area (Å²) in [6, 6.07) is 0. The van der Waals surface area contributed by atoms with Gasteiger partial charge >= 0.3 is 12.1 Å². The third kappa shape index (κ3) is 15.2. The van der Waals surface area contributed by atoms with E-state index >= 15 is 0 Å². The molecule has 0 radical (unpaired) electrons. The number of esters is 1. The Morgan fingerprint density at radius 3 is 1.90 bits per heavy atom. The fourth-order valence-electron chi connectivity index (χ4n) is 1.77. The topological polar surface area (TPSA) is 78.6 Å². The molecule has 0 unspecified atom stereocenters. The van der Waals surface area contributed by atoms with E-state index in [1.807, 2.05) is 0 Å². The SMILES string of the molecule is CCOC(=O)OC(=O)CCCCCCCCCCN.Cl. The lowest BCUT2D eigenvalue weighted by molar-refractivity contribution is -0.139. The summed E-state index contributed by atoms with van der Waals surface area (Å²) in [5.41, 5.74) is 5.41. The van der Waals surface area contributed by atoms with Crippen molar-refractivity contribution in [1.82, 2.24) is 0 Å². The highest BCUT2D eigenvalue weighted by Gasteiger charge is 2.10. The zero-order valence-corrected chi connectivity index (χ0v) is 13.2. The van der Waals surface area contributed by atoms with E-state index < -0.39 is 12.1 Å². The molecule has 0 saturated carbocycles. The van der Waals surface area contributed by atoms with Gasteiger partial charge in [-0.1, -0.05) is 38.5 Å². The molecular formula is C14H28ClNO4. The molecule has 0 amide bonds. The molecule has 20 heavy (non-hydrogen) atoms. The molecule has 0 atom stereocenters. The zero-order chi connectivity index (χ0) is 14.3. The van der Waals surface area contributed by atoms with Gasteiger partial charge in [0.05, 0.1) is 6.61 Å². The summed E-state index contributed by atoms with van der Waals surface area (Å²) in [6.07, 6.45) is 8.25. The van der Waals surface area contributed by atoms with Crippen molar-refractivity contribution in [2.75, 3.05) is 13.2 Å². The molecule has 0 aromatic rings. The van der Waals surface area contributed by atoms with Crippen molar-refractivity contribution in [3.05, 3.63) is 0 Å². The lowest BCUT2D eigenvalue weighted by atomic mass is 10.1. The normalized spacial score (nSPS) is 9.70. The first kappa shape index (κ1) is 21.5. The number of carbonyl (C=O) groups excluding carboxylic acids is 2. The van der Waals surface area contributed by atoms with E-state index in [0.29, 0.717) is 0 Å². The number of hydrogen-bond acceptors (Lipinski definition) is 5. The van der Waals surface area contributed by atoms with Crippen LogP contribution in [0.3, 0.4) is 0 Å². The summed E-state index contributed by atoms with van der Waals surface area (Å²) in [6.45, 7) is 2.66. The lowest BCUT2D eigenvalue weighted by Gasteiger charge is -2.03. The average molecular weight is 310 g/mol. The van der Waals surface area contributed by atoms with Crippen LogP contribution in [0.25, 0.3) is 0 Å². The minimum Gasteiger partial charge on any atom is -0.434 e. The Hall–Kier alpha value is -0.810. The van der Waals surface area contributed by atoms with E-state index in [-0.39, 0.29) is 25.4 Å². The fourth-order valence-corrected chi connectivity index (χ4v) is 1.77. The van der Waals surface area contributed by atoms with Crippen LogP contribution in [-0.2, 0) is 14.3 Å². The maximum Gasteiger partial charge on any atom is 0.516 e. The second kappa shape index (κ2) is 16.2. The smallest absolute Gasteiger partial charge is 0.434 e. The van der Waals surface area contributed by atoms with Crippen molar-refractivity contribution in [3.8, 4) is 0 Å². The second-order valence-electron chi connectivity index (χ2n) is 4.52. The minimum absolute atomic E-state index is 0. The average Bonchev–Trinajstić information content (AvgIpc) is 2.37. The van der Waals surface area contributed by atoms with Gasteiger partial charge in [-0.2, -0.15) is 0 Å². The maximum atomic E-state index is 11.2. The molecule has 0 aromatic carbocycles. The van der Waals surface area contributed by atoms with Crippen LogP contribution in [-0.4, -0.2) is 25.3 Å². The monoisotopic (exact) mass is 309 g/mol. The fraction of sp³-hybridized carbons (Fsp3) is 0.857. The van der Waals surface area contributed by atoms with Gasteiger partial charge in [-0.15, -0.1) is 12.4 Å². The molecule has 0 fully saturated rings. The molecule has 120 valence electrons. The van der Waals surface area contributed by atoms with E-state index in [4.69, 9.17) is 5.73 Å². The Bertz CT molecular complexity index is 249. The van der Waals surface area contributed by atoms with Gasteiger partial charge in [0.25, 0.3) is 0 Å². The molecule has 2 N–H and O–H groups in total. The maximum absolute atomic E-state index is 11.2. The number of ether oxygens (including phenoxy) is 2. The third-order valence-electron chi connectivity index (χ3n) is 2.79. The Labute approximate surface area is 128 Å². The van der Waals surface area contributed by atoms with Crippen molar-refractivity contribution in [2.24, 2.45) is 5.73 Å². The standard InChI is InChI=1S/C14H27NO4.ClH/c1-2-18-14(17)19-13(16)11-9-7-5-3-4-6-8-10-12-15;/h2-12,15H2,1H3;1H. The van der Waals surface area contributed by atoms with Gasteiger partial charge in [0.2, 0.25) is 0 Å². The molecule has 0 saturated heterocycles. The van der Waals surface area contributed by atoms with Gasteiger partial charge in [0.1, 0.15) is 0 Å². The first-order valence-corrected chi connectivity index (χ1v) is 7.28. The Morgan fingerprint density at radius 2 is 1.40 bits per heavy atom. The van der Waals surface area contributed by atoms with E-state index in [1.165, 1.54) is 25.7 Å². The first-order valence-electron chi connectivity index (χ1n) is 7.28. The minimum atomic E-state index is -0.896. The summed E-state index contributed by atoms with van der Waals surface area (Å²) in [5.74, 6) is -0.499. The summed E-state index contributed by atoms with van der Waals surface area (Å²) >= 11 is 0. The van der Waals surface area contributed by atoms with Crippen LogP contribution >= 0.6 is 12.4 Å². The van der Waals surface area contributed by atoms with Gasteiger partial charge in [-0.25, -0.2) is 4.79 Å². The number of carbonyl (C=O) groups is 2. The lowest BCUT2D eigenvalue weighted by Crippen LogP contribution is -2.13. The Kier molecular flexibility index (Phi) is 17.5. The van der Waals surface area contributed by atoms with E-state index in [9.17, 15) is 9.59 Å². The quantitative estimate of drug-likeness (QED) is 0.358. The van der Waals surface area contributed by atoms with Gasteiger partial charge in [0.15, 0.2) is 0 Å². The molecule has 0 rings (SSSR count). The van der Waals surface area contributed by atoms with Crippen LogP contribution in [0.2, 0.25) is 0 Å². The highest BCUT2D eigenvalue weighted by molar-refractivity contribution is 5.85. The van der Waals surface area contributed by atoms with Crippen molar-refractivity contribution in [1.29, 1.82) is 0 Å². The molecule has 0 aromatic heterocycles. The van der Waals surface area contributed by atoms with E-state index in [0.717, 1.165) is 32.2 Å². The summed E-state index contributed by atoms with van der Waals surface area (Å²) in [4.78, 5) is 22.0. The molecule has 0 spiro atoms. The number of rotatable bonds is 11. The Balaban J connectivity index is 0. The molecule has 6 heteroatoms. The van der Waals surface area contributed by atoms with Crippen LogP contribution in [0.15, 0.2) is 0 Å².